The summed E-state index contributed by atoms with van der Waals surface area (Å²) < 4.78 is 29.4. The first-order valence-electron chi connectivity index (χ1n) is 10.2. The number of carbonyl (C=O) groups excluding carboxylic acids is 1. The van der Waals surface area contributed by atoms with E-state index in [1.807, 2.05) is 0 Å². The second-order valence-electron chi connectivity index (χ2n) is 9.02. The Morgan fingerprint density at radius 1 is 1.13 bits per heavy atom. The molecular formula is C23H25F2N3O3. The summed E-state index contributed by atoms with van der Waals surface area (Å²) >= 11 is 0. The SMILES string of the molecule is CC(C)(O)c1ccc2nc(NC(=O)C[C@](C)(O)C3CC3)n(-c3cc(F)cc(F)c3)c2c1. The van der Waals surface area contributed by atoms with E-state index in [2.05, 4.69) is 10.3 Å². The second-order valence-corrected chi connectivity index (χ2v) is 9.02. The molecule has 0 unspecified atom stereocenters. The average molecular weight is 429 g/mol. The van der Waals surface area contributed by atoms with Gasteiger partial charge < -0.3 is 10.2 Å². The Kier molecular flexibility index (Phi) is 5.10. The zero-order valence-corrected chi connectivity index (χ0v) is 17.6. The number of imidazole rings is 1. The first kappa shape index (κ1) is 21.4. The van der Waals surface area contributed by atoms with Crippen molar-refractivity contribution < 1.29 is 23.8 Å². The first-order valence-corrected chi connectivity index (χ1v) is 10.2. The fourth-order valence-corrected chi connectivity index (χ4v) is 3.81. The number of nitrogens with one attached hydrogen (secondary N) is 1. The van der Waals surface area contributed by atoms with Crippen LogP contribution in [0.2, 0.25) is 0 Å². The Hall–Kier alpha value is -2.84. The number of fused-ring (bicyclic) bond motifs is 1. The van der Waals surface area contributed by atoms with Crippen LogP contribution >= 0.6 is 0 Å². The number of carbonyl (C=O) groups is 1. The summed E-state index contributed by atoms with van der Waals surface area (Å²) in [4.78, 5) is 17.1. The largest absolute Gasteiger partial charge is 0.389 e. The molecule has 1 atom stereocenters. The molecule has 2 aromatic carbocycles. The normalized spacial score (nSPS) is 16.4. The Morgan fingerprint density at radius 2 is 1.77 bits per heavy atom. The van der Waals surface area contributed by atoms with Gasteiger partial charge in [0.2, 0.25) is 11.9 Å². The lowest BCUT2D eigenvalue weighted by Crippen LogP contribution is -2.33. The smallest absolute Gasteiger partial charge is 0.229 e. The van der Waals surface area contributed by atoms with Crippen LogP contribution in [0.1, 0.15) is 45.6 Å². The third-order valence-corrected chi connectivity index (χ3v) is 5.69. The molecule has 1 aliphatic carbocycles. The maximum absolute atomic E-state index is 14.0. The van der Waals surface area contributed by atoms with E-state index in [1.165, 1.54) is 4.57 Å². The van der Waals surface area contributed by atoms with Crippen molar-refractivity contribution >= 4 is 22.9 Å². The second kappa shape index (κ2) is 7.39. The Morgan fingerprint density at radius 3 is 2.35 bits per heavy atom. The lowest BCUT2D eigenvalue weighted by Gasteiger charge is -2.22. The summed E-state index contributed by atoms with van der Waals surface area (Å²) in [6, 6.07) is 8.07. The minimum absolute atomic E-state index is 0.0736. The summed E-state index contributed by atoms with van der Waals surface area (Å²) in [6.07, 6.45) is 1.63. The van der Waals surface area contributed by atoms with E-state index in [-0.39, 0.29) is 24.0 Å². The predicted molar refractivity (Wildman–Crippen MR) is 113 cm³/mol. The van der Waals surface area contributed by atoms with Gasteiger partial charge in [-0.15, -0.1) is 0 Å². The molecule has 1 heterocycles. The maximum Gasteiger partial charge on any atom is 0.229 e. The van der Waals surface area contributed by atoms with Crippen LogP contribution in [0, 0.1) is 17.6 Å². The molecule has 1 aliphatic rings. The number of hydrogen-bond donors (Lipinski definition) is 3. The first-order chi connectivity index (χ1) is 14.4. The summed E-state index contributed by atoms with van der Waals surface area (Å²) in [7, 11) is 0. The third kappa shape index (κ3) is 4.45. The molecular weight excluding hydrogens is 404 g/mol. The van der Waals surface area contributed by atoms with Gasteiger partial charge in [0, 0.05) is 6.07 Å². The highest BCUT2D eigenvalue weighted by Gasteiger charge is 2.41. The molecule has 0 radical (unpaired) electrons. The van der Waals surface area contributed by atoms with Crippen LogP contribution in [-0.2, 0) is 10.4 Å². The maximum atomic E-state index is 14.0. The van der Waals surface area contributed by atoms with Gasteiger partial charge in [-0.05, 0) is 69.4 Å². The molecule has 1 saturated carbocycles. The van der Waals surface area contributed by atoms with Gasteiger partial charge in [-0.3, -0.25) is 14.7 Å². The molecule has 1 amide bonds. The molecule has 0 saturated heterocycles. The topological polar surface area (TPSA) is 87.4 Å². The van der Waals surface area contributed by atoms with Gasteiger partial charge in [0.05, 0.1) is 34.3 Å². The standard InChI is InChI=1S/C23H25F2N3O3/c1-22(2,30)14-6-7-18-19(8-14)28(17-10-15(24)9-16(25)11-17)21(26-18)27-20(29)12-23(3,31)13-4-5-13/h6-11,13,30-31H,4-5,12H2,1-3H3,(H,26,27,29)/t23-/m0/s1. The Labute approximate surface area is 178 Å². The van der Waals surface area contributed by atoms with Gasteiger partial charge in [0.1, 0.15) is 11.6 Å². The van der Waals surface area contributed by atoms with Crippen LogP contribution in [0.4, 0.5) is 14.7 Å². The van der Waals surface area contributed by atoms with Crippen LogP contribution in [0.15, 0.2) is 36.4 Å². The van der Waals surface area contributed by atoms with Crippen molar-refractivity contribution in [3.05, 3.63) is 53.6 Å². The van der Waals surface area contributed by atoms with Crippen molar-refractivity contribution in [2.45, 2.75) is 51.2 Å². The lowest BCUT2D eigenvalue weighted by atomic mass is 9.96. The van der Waals surface area contributed by atoms with Crippen LogP contribution in [-0.4, -0.2) is 31.3 Å². The number of aromatic nitrogens is 2. The van der Waals surface area contributed by atoms with Crippen molar-refractivity contribution in [1.82, 2.24) is 9.55 Å². The highest BCUT2D eigenvalue weighted by molar-refractivity contribution is 5.93. The molecule has 1 fully saturated rings. The molecule has 3 aromatic rings. The van der Waals surface area contributed by atoms with Gasteiger partial charge in [-0.2, -0.15) is 0 Å². The average Bonchev–Trinajstić information content (AvgIpc) is 3.42. The molecule has 8 heteroatoms. The number of rotatable bonds is 6. The van der Waals surface area contributed by atoms with Crippen molar-refractivity contribution in [2.24, 2.45) is 5.92 Å². The van der Waals surface area contributed by atoms with E-state index in [1.54, 1.807) is 39.0 Å². The van der Waals surface area contributed by atoms with Gasteiger partial charge in [-0.1, -0.05) is 6.07 Å². The van der Waals surface area contributed by atoms with Crippen LogP contribution < -0.4 is 5.32 Å². The van der Waals surface area contributed by atoms with E-state index in [0.717, 1.165) is 31.0 Å². The van der Waals surface area contributed by atoms with Crippen molar-refractivity contribution in [3.63, 3.8) is 0 Å². The van der Waals surface area contributed by atoms with E-state index in [0.29, 0.717) is 16.6 Å². The van der Waals surface area contributed by atoms with Crippen LogP contribution in [0.5, 0.6) is 0 Å². The highest BCUT2D eigenvalue weighted by Crippen LogP contribution is 2.41. The number of anilines is 1. The number of halogens is 2. The van der Waals surface area contributed by atoms with E-state index >= 15 is 0 Å². The number of hydrogen-bond acceptors (Lipinski definition) is 4. The molecule has 6 nitrogen and oxygen atoms in total. The van der Waals surface area contributed by atoms with Gasteiger partial charge in [0.15, 0.2) is 0 Å². The number of benzene rings is 2. The van der Waals surface area contributed by atoms with Crippen LogP contribution in [0.3, 0.4) is 0 Å². The Bertz CT molecular complexity index is 1140. The zero-order chi connectivity index (χ0) is 22.6. The van der Waals surface area contributed by atoms with Crippen LogP contribution in [0.25, 0.3) is 16.7 Å². The third-order valence-electron chi connectivity index (χ3n) is 5.69. The van der Waals surface area contributed by atoms with Crippen molar-refractivity contribution in [3.8, 4) is 5.69 Å². The molecule has 31 heavy (non-hydrogen) atoms. The van der Waals surface area contributed by atoms with Crippen molar-refractivity contribution in [1.29, 1.82) is 0 Å². The predicted octanol–water partition coefficient (Wildman–Crippen LogP) is 4.02. The fourth-order valence-electron chi connectivity index (χ4n) is 3.81. The van der Waals surface area contributed by atoms with Crippen molar-refractivity contribution in [2.75, 3.05) is 5.32 Å². The monoisotopic (exact) mass is 429 g/mol. The summed E-state index contributed by atoms with van der Waals surface area (Å²) in [6.45, 7) is 4.88. The minimum atomic E-state index is -1.15. The number of nitrogens with zero attached hydrogens (tertiary/aromatic N) is 2. The van der Waals surface area contributed by atoms with E-state index in [9.17, 15) is 23.8 Å². The molecule has 3 N–H and O–H groups in total. The van der Waals surface area contributed by atoms with E-state index < -0.39 is 28.7 Å². The number of aliphatic hydroxyl groups is 2. The molecule has 164 valence electrons. The summed E-state index contributed by atoms with van der Waals surface area (Å²) in [5.74, 6) is -1.84. The van der Waals surface area contributed by atoms with Gasteiger partial charge >= 0.3 is 0 Å². The highest BCUT2D eigenvalue weighted by atomic mass is 19.1. The summed E-state index contributed by atoms with van der Waals surface area (Å²) in [5, 5.41) is 23.6. The van der Waals surface area contributed by atoms with E-state index in [4.69, 9.17) is 0 Å². The number of amides is 1. The molecule has 0 spiro atoms. The quantitative estimate of drug-likeness (QED) is 0.552. The molecule has 0 bridgehead atoms. The molecule has 1 aromatic heterocycles. The minimum Gasteiger partial charge on any atom is -0.389 e. The lowest BCUT2D eigenvalue weighted by molar-refractivity contribution is -0.121. The van der Waals surface area contributed by atoms with Gasteiger partial charge in [0.25, 0.3) is 0 Å². The summed E-state index contributed by atoms with van der Waals surface area (Å²) in [5.41, 5.74) is -0.622. The Balaban J connectivity index is 1.81. The van der Waals surface area contributed by atoms with Gasteiger partial charge in [-0.25, -0.2) is 13.8 Å². The zero-order valence-electron chi connectivity index (χ0n) is 17.6. The molecule has 4 rings (SSSR count). The fraction of sp³-hybridized carbons (Fsp3) is 0.391. The molecule has 0 aliphatic heterocycles.